The Bertz CT molecular complexity index is 627. The number of carbonyl (C=O) groups excluding carboxylic acids is 1. The number of carbonyl (C=O) groups is 1. The number of rotatable bonds is 4. The topological polar surface area (TPSA) is 80.0 Å². The molecule has 0 aliphatic heterocycles. The van der Waals surface area contributed by atoms with Gasteiger partial charge in [0.15, 0.2) is 5.13 Å². The van der Waals surface area contributed by atoms with Crippen LogP contribution in [-0.4, -0.2) is 16.9 Å². The molecule has 7 heteroatoms. The molecule has 0 radical (unpaired) electrons. The normalized spacial score (nSPS) is 10.6. The molecule has 2 aromatic rings. The minimum absolute atomic E-state index is 0.115. The predicted octanol–water partition coefficient (Wildman–Crippen LogP) is 2.94. The standard InChI is InChI=1S/C13H15FN4OS/c1-7(2)16-13-18-11(15)10(20-13)12(19)17-9-6-4-3-5-8(9)14/h3-7H,15H2,1-2H3,(H,16,18)(H,17,19). The fourth-order valence-electron chi connectivity index (χ4n) is 1.54. The fourth-order valence-corrected chi connectivity index (χ4v) is 2.47. The molecule has 0 atom stereocenters. The number of hydrogen-bond acceptors (Lipinski definition) is 5. The van der Waals surface area contributed by atoms with Gasteiger partial charge in [0.25, 0.3) is 5.91 Å². The molecule has 1 aromatic heterocycles. The number of nitrogens with one attached hydrogen (secondary N) is 2. The van der Waals surface area contributed by atoms with E-state index in [1.54, 1.807) is 12.1 Å². The van der Waals surface area contributed by atoms with Gasteiger partial charge in [-0.15, -0.1) is 0 Å². The Hall–Kier alpha value is -2.15. The van der Waals surface area contributed by atoms with Crippen LogP contribution in [-0.2, 0) is 0 Å². The van der Waals surface area contributed by atoms with Gasteiger partial charge in [-0.2, -0.15) is 0 Å². The van der Waals surface area contributed by atoms with Crippen LogP contribution >= 0.6 is 11.3 Å². The van der Waals surface area contributed by atoms with E-state index in [0.717, 1.165) is 11.3 Å². The van der Waals surface area contributed by atoms with Crippen molar-refractivity contribution in [2.24, 2.45) is 0 Å². The predicted molar refractivity (Wildman–Crippen MR) is 79.6 cm³/mol. The molecule has 1 amide bonds. The molecule has 0 aliphatic rings. The highest BCUT2D eigenvalue weighted by molar-refractivity contribution is 7.18. The summed E-state index contributed by atoms with van der Waals surface area (Å²) < 4.78 is 13.5. The van der Waals surface area contributed by atoms with E-state index in [1.165, 1.54) is 12.1 Å². The molecule has 4 N–H and O–H groups in total. The van der Waals surface area contributed by atoms with Crippen molar-refractivity contribution < 1.29 is 9.18 Å². The van der Waals surface area contributed by atoms with Gasteiger partial charge in [0.05, 0.1) is 5.69 Å². The zero-order chi connectivity index (χ0) is 14.7. The second-order valence-electron chi connectivity index (χ2n) is 4.47. The minimum atomic E-state index is -0.496. The van der Waals surface area contributed by atoms with Crippen molar-refractivity contribution in [2.45, 2.75) is 19.9 Å². The summed E-state index contributed by atoms with van der Waals surface area (Å²) in [4.78, 5) is 16.4. The maximum Gasteiger partial charge on any atom is 0.269 e. The zero-order valence-corrected chi connectivity index (χ0v) is 11.9. The first kappa shape index (κ1) is 14.3. The molecule has 1 heterocycles. The number of hydrogen-bond donors (Lipinski definition) is 3. The number of nitrogen functional groups attached to an aromatic ring is 1. The van der Waals surface area contributed by atoms with Crippen LogP contribution < -0.4 is 16.4 Å². The van der Waals surface area contributed by atoms with E-state index >= 15 is 0 Å². The van der Waals surface area contributed by atoms with Crippen molar-refractivity contribution in [1.29, 1.82) is 0 Å². The van der Waals surface area contributed by atoms with Gasteiger partial charge in [0.2, 0.25) is 0 Å². The molecular weight excluding hydrogens is 279 g/mol. The SMILES string of the molecule is CC(C)Nc1nc(N)c(C(=O)Nc2ccccc2F)s1. The zero-order valence-electron chi connectivity index (χ0n) is 11.1. The molecule has 0 aliphatic carbocycles. The van der Waals surface area contributed by atoms with Crippen LogP contribution in [0.2, 0.25) is 0 Å². The average Bonchev–Trinajstić information content (AvgIpc) is 2.72. The van der Waals surface area contributed by atoms with E-state index < -0.39 is 11.7 Å². The summed E-state index contributed by atoms with van der Waals surface area (Å²) in [6, 6.07) is 6.13. The fraction of sp³-hybridized carbons (Fsp3) is 0.231. The number of nitrogens with two attached hydrogens (primary N) is 1. The Kier molecular flexibility index (Phi) is 4.19. The second-order valence-corrected chi connectivity index (χ2v) is 5.47. The highest BCUT2D eigenvalue weighted by Gasteiger charge is 2.17. The molecule has 0 saturated carbocycles. The van der Waals surface area contributed by atoms with Crippen molar-refractivity contribution in [3.05, 3.63) is 35.0 Å². The molecule has 0 spiro atoms. The van der Waals surface area contributed by atoms with Crippen molar-refractivity contribution >= 4 is 33.9 Å². The lowest BCUT2D eigenvalue weighted by molar-refractivity contribution is 0.103. The first-order valence-electron chi connectivity index (χ1n) is 6.06. The van der Waals surface area contributed by atoms with E-state index in [9.17, 15) is 9.18 Å². The van der Waals surface area contributed by atoms with Gasteiger partial charge in [-0.25, -0.2) is 9.37 Å². The van der Waals surface area contributed by atoms with Crippen LogP contribution in [0.15, 0.2) is 24.3 Å². The summed E-state index contributed by atoms with van der Waals surface area (Å²) >= 11 is 1.14. The average molecular weight is 294 g/mol. The smallest absolute Gasteiger partial charge is 0.269 e. The van der Waals surface area contributed by atoms with Crippen LogP contribution in [0.4, 0.5) is 21.0 Å². The number of amides is 1. The Balaban J connectivity index is 2.17. The Morgan fingerprint density at radius 3 is 2.75 bits per heavy atom. The van der Waals surface area contributed by atoms with Crippen LogP contribution in [0, 0.1) is 5.82 Å². The Labute approximate surface area is 120 Å². The quantitative estimate of drug-likeness (QED) is 0.810. The van der Waals surface area contributed by atoms with Crippen molar-refractivity contribution in [3.8, 4) is 0 Å². The number of benzene rings is 1. The van der Waals surface area contributed by atoms with Gasteiger partial charge < -0.3 is 16.4 Å². The molecule has 1 aromatic carbocycles. The first-order valence-corrected chi connectivity index (χ1v) is 6.87. The number of halogens is 1. The third-order valence-corrected chi connectivity index (χ3v) is 3.39. The van der Waals surface area contributed by atoms with Gasteiger partial charge in [-0.3, -0.25) is 4.79 Å². The van der Waals surface area contributed by atoms with E-state index in [0.29, 0.717) is 5.13 Å². The molecule has 0 unspecified atom stereocenters. The van der Waals surface area contributed by atoms with Gasteiger partial charge in [-0.05, 0) is 26.0 Å². The first-order chi connectivity index (χ1) is 9.47. The molecule has 2 rings (SSSR count). The lowest BCUT2D eigenvalue weighted by Gasteiger charge is -2.05. The lowest BCUT2D eigenvalue weighted by atomic mass is 10.3. The monoisotopic (exact) mass is 294 g/mol. The van der Waals surface area contributed by atoms with Crippen LogP contribution in [0.1, 0.15) is 23.5 Å². The highest BCUT2D eigenvalue weighted by Crippen LogP contribution is 2.26. The Morgan fingerprint density at radius 1 is 1.40 bits per heavy atom. The summed E-state index contributed by atoms with van der Waals surface area (Å²) in [5.74, 6) is -0.835. The molecule has 0 saturated heterocycles. The summed E-state index contributed by atoms with van der Waals surface area (Å²) in [6.07, 6.45) is 0. The minimum Gasteiger partial charge on any atom is -0.382 e. The maximum absolute atomic E-state index is 13.5. The van der Waals surface area contributed by atoms with Crippen LogP contribution in [0.25, 0.3) is 0 Å². The van der Waals surface area contributed by atoms with Crippen LogP contribution in [0.5, 0.6) is 0 Å². The molecule has 0 fully saturated rings. The second kappa shape index (κ2) is 5.87. The lowest BCUT2D eigenvalue weighted by Crippen LogP contribution is -2.13. The summed E-state index contributed by atoms with van der Waals surface area (Å²) in [7, 11) is 0. The van der Waals surface area contributed by atoms with Crippen molar-refractivity contribution in [2.75, 3.05) is 16.4 Å². The van der Waals surface area contributed by atoms with Crippen molar-refractivity contribution in [3.63, 3.8) is 0 Å². The molecule has 5 nitrogen and oxygen atoms in total. The van der Waals surface area contributed by atoms with E-state index in [4.69, 9.17) is 5.73 Å². The summed E-state index contributed by atoms with van der Waals surface area (Å²) in [5, 5.41) is 6.12. The van der Waals surface area contributed by atoms with E-state index in [-0.39, 0.29) is 22.4 Å². The van der Waals surface area contributed by atoms with Crippen molar-refractivity contribution in [1.82, 2.24) is 4.98 Å². The van der Waals surface area contributed by atoms with Gasteiger partial charge in [-0.1, -0.05) is 23.5 Å². The van der Waals surface area contributed by atoms with Crippen LogP contribution in [0.3, 0.4) is 0 Å². The summed E-state index contributed by atoms with van der Waals surface area (Å²) in [6.45, 7) is 3.91. The van der Waals surface area contributed by atoms with Gasteiger partial charge >= 0.3 is 0 Å². The number of thiazole rings is 1. The summed E-state index contributed by atoms with van der Waals surface area (Å²) in [5.41, 5.74) is 5.83. The molecular formula is C13H15FN4OS. The molecule has 20 heavy (non-hydrogen) atoms. The largest absolute Gasteiger partial charge is 0.382 e. The number of nitrogens with zero attached hydrogens (tertiary/aromatic N) is 1. The van der Waals surface area contributed by atoms with Gasteiger partial charge in [0.1, 0.15) is 16.5 Å². The van der Waals surface area contributed by atoms with E-state index in [1.807, 2.05) is 13.8 Å². The molecule has 0 bridgehead atoms. The van der Waals surface area contributed by atoms with E-state index in [2.05, 4.69) is 15.6 Å². The third-order valence-electron chi connectivity index (χ3n) is 2.39. The number of aromatic nitrogens is 1. The van der Waals surface area contributed by atoms with Gasteiger partial charge in [0, 0.05) is 6.04 Å². The highest BCUT2D eigenvalue weighted by atomic mass is 32.1. The molecule has 106 valence electrons. The Morgan fingerprint density at radius 2 is 2.10 bits per heavy atom. The number of anilines is 3. The maximum atomic E-state index is 13.5. The third kappa shape index (κ3) is 3.24. The number of para-hydroxylation sites is 1.